The van der Waals surface area contributed by atoms with Gasteiger partial charge in [0, 0.05) is 5.39 Å². The van der Waals surface area contributed by atoms with Crippen molar-refractivity contribution >= 4 is 27.6 Å². The molecule has 0 aliphatic heterocycles. The van der Waals surface area contributed by atoms with Gasteiger partial charge in [0.15, 0.2) is 6.73 Å². The van der Waals surface area contributed by atoms with E-state index in [1.807, 2.05) is 0 Å². The Morgan fingerprint density at radius 3 is 2.52 bits per heavy atom. The zero-order valence-electron chi connectivity index (χ0n) is 14.0. The summed E-state index contributed by atoms with van der Waals surface area (Å²) in [6, 6.07) is 13.6. The average Bonchev–Trinajstić information content (AvgIpc) is 2.70. The second-order valence-corrected chi connectivity index (χ2v) is 5.78. The summed E-state index contributed by atoms with van der Waals surface area (Å²) < 4.78 is 6.10. The van der Waals surface area contributed by atoms with Crippen molar-refractivity contribution < 1.29 is 9.53 Å². The van der Waals surface area contributed by atoms with E-state index >= 15 is 0 Å². The Morgan fingerprint density at radius 1 is 1.00 bits per heavy atom. The van der Waals surface area contributed by atoms with Crippen molar-refractivity contribution in [2.75, 3.05) is 0 Å². The molecule has 4 aromatic rings. The summed E-state index contributed by atoms with van der Waals surface area (Å²) >= 11 is 0. The number of hydrogen-bond donors (Lipinski definition) is 1. The summed E-state index contributed by atoms with van der Waals surface area (Å²) in [5.41, 5.74) is 0.114. The highest BCUT2D eigenvalue weighted by atomic mass is 16.5. The number of rotatable bonds is 4. The van der Waals surface area contributed by atoms with Gasteiger partial charge in [0.1, 0.15) is 5.52 Å². The molecule has 1 N–H and O–H groups in total. The minimum atomic E-state index is -0.610. The normalized spacial score (nSPS) is 11.0. The molecule has 0 aliphatic carbocycles. The molecule has 0 saturated carbocycles. The number of fused-ring (bicyclic) bond motifs is 2. The number of hydrogen-bond acceptors (Lipinski definition) is 7. The monoisotopic (exact) mass is 363 g/mol. The summed E-state index contributed by atoms with van der Waals surface area (Å²) in [5.74, 6) is -0.610. The molecule has 0 fully saturated rings. The number of H-pyrrole nitrogens is 1. The molecule has 9 heteroatoms. The average molecular weight is 363 g/mol. The molecule has 0 atom stereocenters. The molecule has 2 aromatic carbocycles. The van der Waals surface area contributed by atoms with Crippen LogP contribution in [0.15, 0.2) is 58.1 Å². The van der Waals surface area contributed by atoms with Crippen LogP contribution in [0.2, 0.25) is 0 Å². The lowest BCUT2D eigenvalue weighted by molar-refractivity contribution is -0.147. The molecule has 0 bridgehead atoms. The van der Waals surface area contributed by atoms with Crippen LogP contribution in [0, 0.1) is 0 Å². The molecule has 9 nitrogen and oxygen atoms in total. The van der Waals surface area contributed by atoms with E-state index in [9.17, 15) is 14.4 Å². The fourth-order valence-corrected chi connectivity index (χ4v) is 2.74. The number of carbonyl (C=O) groups excluding carboxylic acids is 1. The molecule has 0 aliphatic rings. The lowest BCUT2D eigenvalue weighted by Crippen LogP contribution is -2.27. The number of benzene rings is 2. The van der Waals surface area contributed by atoms with Gasteiger partial charge in [-0.15, -0.1) is 5.10 Å². The van der Waals surface area contributed by atoms with Crippen LogP contribution >= 0.6 is 0 Å². The smallest absolute Gasteiger partial charge is 0.313 e. The highest BCUT2D eigenvalue weighted by Gasteiger charge is 2.13. The lowest BCUT2D eigenvalue weighted by Gasteiger charge is -2.07. The van der Waals surface area contributed by atoms with Crippen LogP contribution in [-0.2, 0) is 22.7 Å². The molecule has 0 saturated heterocycles. The summed E-state index contributed by atoms with van der Waals surface area (Å²) in [6.07, 6.45) is -0.160. The number of nitrogens with one attached hydrogen (secondary N) is 1. The molecule has 0 unspecified atom stereocenters. The van der Waals surface area contributed by atoms with E-state index in [1.165, 1.54) is 0 Å². The predicted molar refractivity (Wildman–Crippen MR) is 96.0 cm³/mol. The van der Waals surface area contributed by atoms with Crippen molar-refractivity contribution in [3.8, 4) is 0 Å². The number of esters is 1. The van der Waals surface area contributed by atoms with Gasteiger partial charge < -0.3 is 4.74 Å². The largest absolute Gasteiger partial charge is 0.442 e. The summed E-state index contributed by atoms with van der Waals surface area (Å²) in [4.78, 5) is 36.3. The van der Waals surface area contributed by atoms with Gasteiger partial charge in [-0.25, -0.2) is 5.10 Å². The maximum Gasteiger partial charge on any atom is 0.313 e. The van der Waals surface area contributed by atoms with Gasteiger partial charge in [-0.3, -0.25) is 14.4 Å². The van der Waals surface area contributed by atoms with Crippen LogP contribution in [0.4, 0.5) is 0 Å². The first-order valence-electron chi connectivity index (χ1n) is 8.08. The maximum absolute atomic E-state index is 12.3. The van der Waals surface area contributed by atoms with Gasteiger partial charge in [0.2, 0.25) is 0 Å². The molecule has 2 heterocycles. The van der Waals surface area contributed by atoms with E-state index in [2.05, 4.69) is 20.5 Å². The van der Waals surface area contributed by atoms with Gasteiger partial charge in [-0.2, -0.15) is 9.78 Å². The van der Waals surface area contributed by atoms with Crippen LogP contribution in [0.25, 0.3) is 21.7 Å². The minimum absolute atomic E-state index is 0.160. The van der Waals surface area contributed by atoms with Crippen molar-refractivity contribution in [2.45, 2.75) is 13.2 Å². The standard InChI is InChI=1S/C18H13N5O4/c24-16(9-15-11-5-1-2-6-12(11)17(25)21-19-15)27-10-23-18(26)13-7-3-4-8-14(13)20-22-23/h1-8H,9-10H2,(H,21,25). The van der Waals surface area contributed by atoms with Gasteiger partial charge in [-0.05, 0) is 18.2 Å². The Labute approximate surface area is 151 Å². The SMILES string of the molecule is O=C(Cc1n[nH]c(=O)c2ccccc12)OCn1nnc2ccccc2c1=O. The van der Waals surface area contributed by atoms with E-state index in [-0.39, 0.29) is 18.7 Å². The molecule has 0 spiro atoms. The fourth-order valence-electron chi connectivity index (χ4n) is 2.74. The molecule has 2 aromatic heterocycles. The van der Waals surface area contributed by atoms with Crippen molar-refractivity contribution in [2.24, 2.45) is 0 Å². The first-order chi connectivity index (χ1) is 13.1. The molecule has 27 heavy (non-hydrogen) atoms. The maximum atomic E-state index is 12.3. The van der Waals surface area contributed by atoms with Gasteiger partial charge in [0.25, 0.3) is 11.1 Å². The predicted octanol–water partition coefficient (Wildman–Crippen LogP) is 0.771. The number of ether oxygens (including phenoxy) is 1. The highest BCUT2D eigenvalue weighted by molar-refractivity contribution is 5.86. The van der Waals surface area contributed by atoms with Crippen LogP contribution in [0.5, 0.6) is 0 Å². The molecule has 0 radical (unpaired) electrons. The molecular weight excluding hydrogens is 350 g/mol. The Kier molecular flexibility index (Phi) is 4.17. The number of nitrogens with zero attached hydrogens (tertiary/aromatic N) is 4. The Morgan fingerprint density at radius 2 is 1.70 bits per heavy atom. The third-order valence-corrected chi connectivity index (χ3v) is 4.06. The lowest BCUT2D eigenvalue weighted by atomic mass is 10.1. The van der Waals surface area contributed by atoms with Crippen molar-refractivity contribution in [1.29, 1.82) is 0 Å². The fraction of sp³-hybridized carbons (Fsp3) is 0.111. The van der Waals surface area contributed by atoms with Crippen LogP contribution in [0.3, 0.4) is 0 Å². The van der Waals surface area contributed by atoms with Crippen LogP contribution < -0.4 is 11.1 Å². The zero-order chi connectivity index (χ0) is 18.8. The van der Waals surface area contributed by atoms with E-state index < -0.39 is 11.5 Å². The second kappa shape index (κ2) is 6.79. The van der Waals surface area contributed by atoms with Crippen molar-refractivity contribution in [3.63, 3.8) is 0 Å². The molecule has 4 rings (SSSR count). The second-order valence-electron chi connectivity index (χ2n) is 5.78. The van der Waals surface area contributed by atoms with Crippen molar-refractivity contribution in [1.82, 2.24) is 25.2 Å². The number of aromatic nitrogens is 5. The van der Waals surface area contributed by atoms with E-state index in [0.717, 1.165) is 4.68 Å². The summed E-state index contributed by atoms with van der Waals surface area (Å²) in [6.45, 7) is -0.364. The topological polar surface area (TPSA) is 120 Å². The summed E-state index contributed by atoms with van der Waals surface area (Å²) in [5, 5.41) is 15.4. The van der Waals surface area contributed by atoms with Crippen molar-refractivity contribution in [3.05, 3.63) is 74.9 Å². The number of aromatic amines is 1. The van der Waals surface area contributed by atoms with Crippen LogP contribution in [-0.4, -0.2) is 31.2 Å². The molecule has 134 valence electrons. The molecule has 0 amide bonds. The first-order valence-corrected chi connectivity index (χ1v) is 8.08. The third-order valence-electron chi connectivity index (χ3n) is 4.06. The quantitative estimate of drug-likeness (QED) is 0.532. The van der Waals surface area contributed by atoms with Gasteiger partial charge >= 0.3 is 5.97 Å². The molecular formula is C18H13N5O4. The first kappa shape index (κ1) is 16.6. The Hall–Kier alpha value is -3.88. The highest BCUT2D eigenvalue weighted by Crippen LogP contribution is 2.13. The van der Waals surface area contributed by atoms with E-state index in [1.54, 1.807) is 48.5 Å². The van der Waals surface area contributed by atoms with E-state index in [0.29, 0.717) is 27.4 Å². The Balaban J connectivity index is 1.53. The third kappa shape index (κ3) is 3.17. The minimum Gasteiger partial charge on any atom is -0.442 e. The van der Waals surface area contributed by atoms with Gasteiger partial charge in [-0.1, -0.05) is 35.5 Å². The van der Waals surface area contributed by atoms with E-state index in [4.69, 9.17) is 4.74 Å². The Bertz CT molecular complexity index is 1280. The zero-order valence-corrected chi connectivity index (χ0v) is 14.0. The summed E-state index contributed by atoms with van der Waals surface area (Å²) in [7, 11) is 0. The van der Waals surface area contributed by atoms with Gasteiger partial charge in [0.05, 0.1) is 22.9 Å². The number of carbonyl (C=O) groups is 1. The van der Waals surface area contributed by atoms with Crippen LogP contribution in [0.1, 0.15) is 5.69 Å².